The number of nitrogens with one attached hydrogen (secondary N) is 1. The van der Waals surface area contributed by atoms with Gasteiger partial charge in [-0.25, -0.2) is 9.59 Å². The minimum Gasteiger partial charge on any atom is -0.445 e. The first-order valence-electron chi connectivity index (χ1n) is 9.50. The average molecular weight is 423 g/mol. The van der Waals surface area contributed by atoms with E-state index in [0.29, 0.717) is 0 Å². The van der Waals surface area contributed by atoms with Crippen LogP contribution in [0.3, 0.4) is 0 Å². The van der Waals surface area contributed by atoms with E-state index in [9.17, 15) is 14.4 Å². The van der Waals surface area contributed by atoms with Crippen molar-refractivity contribution in [3.63, 3.8) is 0 Å². The molecular weight excluding hydrogens is 392 g/mol. The number of alkyl carbamates (subject to hydrolysis) is 1. The van der Waals surface area contributed by atoms with Crippen LogP contribution in [-0.2, 0) is 25.6 Å². The Labute approximate surface area is 172 Å². The van der Waals surface area contributed by atoms with Crippen molar-refractivity contribution >= 4 is 26.4 Å². The van der Waals surface area contributed by atoms with Gasteiger partial charge in [0, 0.05) is 0 Å². The molecule has 0 bridgehead atoms. The van der Waals surface area contributed by atoms with Gasteiger partial charge in [-0.15, -0.1) is 0 Å². The van der Waals surface area contributed by atoms with Crippen LogP contribution in [0, 0.1) is 0 Å². The van der Waals surface area contributed by atoms with Crippen molar-refractivity contribution in [2.45, 2.75) is 57.6 Å². The Kier molecular flexibility index (Phi) is 6.94. The van der Waals surface area contributed by atoms with E-state index in [2.05, 4.69) is 43.9 Å². The van der Waals surface area contributed by atoms with Crippen LogP contribution in [0.25, 0.3) is 0 Å². The normalized spacial score (nSPS) is 19.2. The third-order valence-electron chi connectivity index (χ3n) is 5.68. The fourth-order valence-electron chi connectivity index (χ4n) is 3.03. The summed E-state index contributed by atoms with van der Waals surface area (Å²) in [6, 6.07) is 7.98. The Bertz CT molecular complexity index is 747. The van der Waals surface area contributed by atoms with E-state index in [1.165, 1.54) is 7.11 Å². The molecule has 2 amide bonds. The second kappa shape index (κ2) is 8.85. The molecule has 2 atom stereocenters. The molecule has 0 saturated carbocycles. The zero-order valence-corrected chi connectivity index (χ0v) is 18.9. The number of methoxy groups -OCH3 is 1. The van der Waals surface area contributed by atoms with Gasteiger partial charge in [-0.1, -0.05) is 64.2 Å². The number of nitrogens with zero attached hydrogens (tertiary/aromatic N) is 1. The molecule has 1 aliphatic heterocycles. The molecule has 1 N–H and O–H groups in total. The largest absolute Gasteiger partial charge is 0.508 e. The predicted molar refractivity (Wildman–Crippen MR) is 110 cm³/mol. The molecule has 8 nitrogen and oxygen atoms in total. The van der Waals surface area contributed by atoms with Crippen LogP contribution in [0.1, 0.15) is 26.3 Å². The molecule has 1 heterocycles. The number of carbonyl (C=O) groups excluding carboxylic acids is 3. The first kappa shape index (κ1) is 22.7. The number of β-lactam (4-membered cyclic amide) rings is 1. The highest BCUT2D eigenvalue weighted by Gasteiger charge is 2.58. The Morgan fingerprint density at radius 3 is 2.31 bits per heavy atom. The Morgan fingerprint density at radius 2 is 1.76 bits per heavy atom. The third-order valence-corrected chi connectivity index (χ3v) is 11.1. The van der Waals surface area contributed by atoms with Crippen molar-refractivity contribution in [3.05, 3.63) is 35.9 Å². The van der Waals surface area contributed by atoms with Crippen molar-refractivity contribution in [3.8, 4) is 0 Å². The number of carbonyl (C=O) groups is 3. The van der Waals surface area contributed by atoms with Crippen molar-refractivity contribution in [1.29, 1.82) is 0 Å². The molecule has 160 valence electrons. The van der Waals surface area contributed by atoms with Gasteiger partial charge in [0.05, 0.1) is 13.2 Å². The molecule has 0 unspecified atom stereocenters. The summed E-state index contributed by atoms with van der Waals surface area (Å²) >= 11 is 0. The minimum absolute atomic E-state index is 0.0610. The SMILES string of the molecule is COC(=O)OC[C@H]1[C@@H](NC(=O)OCc2ccccc2)C(=O)N1[Si](C)(C)C(C)(C)C. The summed E-state index contributed by atoms with van der Waals surface area (Å²) in [6.07, 6.45) is -1.52. The molecule has 0 aliphatic carbocycles. The first-order valence-corrected chi connectivity index (χ1v) is 12.4. The third kappa shape index (κ3) is 5.09. The van der Waals surface area contributed by atoms with Crippen molar-refractivity contribution in [2.24, 2.45) is 0 Å². The molecular formula is C20H30N2O6Si. The van der Waals surface area contributed by atoms with E-state index in [1.807, 2.05) is 30.3 Å². The molecule has 0 spiro atoms. The minimum atomic E-state index is -2.23. The zero-order valence-electron chi connectivity index (χ0n) is 17.9. The second-order valence-corrected chi connectivity index (χ2v) is 13.6. The number of ether oxygens (including phenoxy) is 3. The van der Waals surface area contributed by atoms with Gasteiger partial charge in [0.15, 0.2) is 8.24 Å². The lowest BCUT2D eigenvalue weighted by molar-refractivity contribution is -0.145. The highest BCUT2D eigenvalue weighted by atomic mass is 28.3. The first-order chi connectivity index (χ1) is 13.5. The molecule has 1 aromatic carbocycles. The van der Waals surface area contributed by atoms with Crippen LogP contribution in [0.5, 0.6) is 0 Å². The van der Waals surface area contributed by atoms with Crippen molar-refractivity contribution in [2.75, 3.05) is 13.7 Å². The summed E-state index contributed by atoms with van der Waals surface area (Å²) in [4.78, 5) is 36.6. The number of amides is 2. The van der Waals surface area contributed by atoms with Crippen LogP contribution in [0.15, 0.2) is 30.3 Å². The lowest BCUT2D eigenvalue weighted by Crippen LogP contribution is -2.79. The zero-order chi connectivity index (χ0) is 21.8. The molecule has 1 aliphatic rings. The summed E-state index contributed by atoms with van der Waals surface area (Å²) in [6.45, 7) is 10.5. The molecule has 1 fully saturated rings. The molecule has 1 saturated heterocycles. The van der Waals surface area contributed by atoms with Gasteiger partial charge < -0.3 is 24.1 Å². The van der Waals surface area contributed by atoms with Crippen LogP contribution < -0.4 is 5.32 Å². The average Bonchev–Trinajstić information content (AvgIpc) is 2.66. The van der Waals surface area contributed by atoms with Gasteiger partial charge in [-0.3, -0.25) is 4.79 Å². The second-order valence-electron chi connectivity index (χ2n) is 8.53. The standard InChI is InChI=1S/C20H30N2O6Si/c1-20(2,3)29(5,6)22-15(13-28-19(25)26-4)16(17(22)23)21-18(24)27-12-14-10-8-7-9-11-14/h7-11,15-16H,12-13H2,1-6H3,(H,21,24)/t15-,16+/m0/s1. The maximum Gasteiger partial charge on any atom is 0.508 e. The van der Waals surface area contributed by atoms with E-state index >= 15 is 0 Å². The summed E-state index contributed by atoms with van der Waals surface area (Å²) in [5, 5.41) is 2.51. The van der Waals surface area contributed by atoms with E-state index in [4.69, 9.17) is 9.47 Å². The molecule has 0 aromatic heterocycles. The highest BCUT2D eigenvalue weighted by molar-refractivity contribution is 6.80. The van der Waals surface area contributed by atoms with Crippen LogP contribution >= 0.6 is 0 Å². The van der Waals surface area contributed by atoms with Crippen molar-refractivity contribution < 1.29 is 28.6 Å². The van der Waals surface area contributed by atoms with Crippen molar-refractivity contribution in [1.82, 2.24) is 9.88 Å². The van der Waals surface area contributed by atoms with Gasteiger partial charge in [-0.05, 0) is 10.6 Å². The Hall–Kier alpha value is -2.55. The number of hydrogen-bond acceptors (Lipinski definition) is 6. The van der Waals surface area contributed by atoms with Gasteiger partial charge in [-0.2, -0.15) is 0 Å². The highest BCUT2D eigenvalue weighted by Crippen LogP contribution is 2.43. The number of benzene rings is 1. The fourth-order valence-corrected chi connectivity index (χ4v) is 5.49. The fraction of sp³-hybridized carbons (Fsp3) is 0.550. The molecule has 0 radical (unpaired) electrons. The monoisotopic (exact) mass is 422 g/mol. The maximum atomic E-state index is 12.9. The van der Waals surface area contributed by atoms with Gasteiger partial charge in [0.2, 0.25) is 5.91 Å². The quantitative estimate of drug-likeness (QED) is 0.429. The van der Waals surface area contributed by atoms with E-state index in [0.717, 1.165) is 5.56 Å². The molecule has 2 rings (SSSR count). The maximum absolute atomic E-state index is 12.9. The topological polar surface area (TPSA) is 94.2 Å². The molecule has 1 aromatic rings. The number of hydrogen-bond donors (Lipinski definition) is 1. The smallest absolute Gasteiger partial charge is 0.445 e. The Morgan fingerprint density at radius 1 is 1.14 bits per heavy atom. The van der Waals surface area contributed by atoms with Gasteiger partial charge >= 0.3 is 12.2 Å². The summed E-state index contributed by atoms with van der Waals surface area (Å²) in [5.74, 6) is -0.188. The Balaban J connectivity index is 2.07. The van der Waals surface area contributed by atoms with Gasteiger partial charge in [0.25, 0.3) is 0 Å². The van der Waals surface area contributed by atoms with Crippen LogP contribution in [-0.4, -0.2) is 56.8 Å². The molecule has 9 heteroatoms. The summed E-state index contributed by atoms with van der Waals surface area (Å²) < 4.78 is 16.6. The molecule has 29 heavy (non-hydrogen) atoms. The van der Waals surface area contributed by atoms with Crippen LogP contribution in [0.2, 0.25) is 18.1 Å². The lowest BCUT2D eigenvalue weighted by Gasteiger charge is -2.57. The summed E-state index contributed by atoms with van der Waals surface area (Å²) in [5.41, 5.74) is 0.844. The van der Waals surface area contributed by atoms with E-state index in [-0.39, 0.29) is 24.2 Å². The van der Waals surface area contributed by atoms with Gasteiger partial charge in [0.1, 0.15) is 19.3 Å². The number of rotatable bonds is 6. The summed E-state index contributed by atoms with van der Waals surface area (Å²) in [7, 11) is -1.02. The van der Waals surface area contributed by atoms with E-state index < -0.39 is 32.6 Å². The van der Waals surface area contributed by atoms with Crippen LogP contribution in [0.4, 0.5) is 9.59 Å². The predicted octanol–water partition coefficient (Wildman–Crippen LogP) is 3.28. The van der Waals surface area contributed by atoms with E-state index in [1.54, 1.807) is 4.57 Å². The lowest BCUT2D eigenvalue weighted by atomic mass is 10.00.